The van der Waals surface area contributed by atoms with Crippen molar-refractivity contribution in [2.24, 2.45) is 7.05 Å². The number of halogens is 1. The maximum atomic E-state index is 11.1. The molecule has 0 amide bonds. The SMILES string of the molecule is Cn1nccc1-c1cc(Cl)ccc1C(=O)O. The molecule has 0 aliphatic heterocycles. The van der Waals surface area contributed by atoms with Gasteiger partial charge >= 0.3 is 5.97 Å². The molecule has 1 heterocycles. The minimum Gasteiger partial charge on any atom is -0.478 e. The maximum Gasteiger partial charge on any atom is 0.336 e. The van der Waals surface area contributed by atoms with Gasteiger partial charge in [0.15, 0.2) is 0 Å². The van der Waals surface area contributed by atoms with Crippen molar-refractivity contribution in [2.45, 2.75) is 0 Å². The highest BCUT2D eigenvalue weighted by atomic mass is 35.5. The first-order valence-corrected chi connectivity index (χ1v) is 4.98. The summed E-state index contributed by atoms with van der Waals surface area (Å²) in [5.74, 6) is -0.979. The molecule has 0 unspecified atom stereocenters. The van der Waals surface area contributed by atoms with Crippen LogP contribution in [-0.4, -0.2) is 20.9 Å². The van der Waals surface area contributed by atoms with Gasteiger partial charge in [-0.05, 0) is 24.3 Å². The van der Waals surface area contributed by atoms with E-state index in [1.165, 1.54) is 6.07 Å². The van der Waals surface area contributed by atoms with Gasteiger partial charge in [-0.15, -0.1) is 0 Å². The van der Waals surface area contributed by atoms with Crippen molar-refractivity contribution in [2.75, 3.05) is 0 Å². The van der Waals surface area contributed by atoms with Crippen LogP contribution in [0, 0.1) is 0 Å². The molecular weight excluding hydrogens is 228 g/mol. The van der Waals surface area contributed by atoms with Crippen LogP contribution >= 0.6 is 11.6 Å². The summed E-state index contributed by atoms with van der Waals surface area (Å²) in [6.07, 6.45) is 1.61. The zero-order chi connectivity index (χ0) is 11.7. The first kappa shape index (κ1) is 10.7. The lowest BCUT2D eigenvalue weighted by atomic mass is 10.0. The highest BCUT2D eigenvalue weighted by Gasteiger charge is 2.14. The molecule has 5 heteroatoms. The van der Waals surface area contributed by atoms with Gasteiger partial charge < -0.3 is 5.11 Å². The van der Waals surface area contributed by atoms with Crippen molar-refractivity contribution < 1.29 is 9.90 Å². The van der Waals surface area contributed by atoms with Gasteiger partial charge in [0.25, 0.3) is 0 Å². The normalized spacial score (nSPS) is 10.4. The smallest absolute Gasteiger partial charge is 0.336 e. The van der Waals surface area contributed by atoms with E-state index in [2.05, 4.69) is 5.10 Å². The summed E-state index contributed by atoms with van der Waals surface area (Å²) >= 11 is 5.87. The number of aryl methyl sites for hydroxylation is 1. The van der Waals surface area contributed by atoms with Crippen LogP contribution in [-0.2, 0) is 7.05 Å². The van der Waals surface area contributed by atoms with Gasteiger partial charge in [-0.25, -0.2) is 4.79 Å². The summed E-state index contributed by atoms with van der Waals surface area (Å²) in [5, 5.41) is 13.6. The van der Waals surface area contributed by atoms with Crippen LogP contribution in [0.5, 0.6) is 0 Å². The molecule has 0 saturated heterocycles. The molecule has 0 aliphatic carbocycles. The third kappa shape index (κ3) is 1.79. The Morgan fingerprint density at radius 2 is 2.19 bits per heavy atom. The Labute approximate surface area is 97.1 Å². The molecule has 2 aromatic rings. The summed E-state index contributed by atoms with van der Waals surface area (Å²) in [6, 6.07) is 6.43. The van der Waals surface area contributed by atoms with E-state index < -0.39 is 5.97 Å². The average molecular weight is 237 g/mol. The molecule has 0 aliphatic rings. The van der Waals surface area contributed by atoms with Crippen molar-refractivity contribution in [1.29, 1.82) is 0 Å². The van der Waals surface area contributed by atoms with Crippen LogP contribution in [0.2, 0.25) is 5.02 Å². The Hall–Kier alpha value is -1.81. The second kappa shape index (κ2) is 3.98. The number of aromatic nitrogens is 2. The Morgan fingerprint density at radius 1 is 1.44 bits per heavy atom. The van der Waals surface area contributed by atoms with Gasteiger partial charge in [-0.3, -0.25) is 4.68 Å². The first-order chi connectivity index (χ1) is 7.59. The predicted molar refractivity (Wildman–Crippen MR) is 60.6 cm³/mol. The van der Waals surface area contributed by atoms with E-state index in [-0.39, 0.29) is 5.56 Å². The lowest BCUT2D eigenvalue weighted by Crippen LogP contribution is -2.02. The van der Waals surface area contributed by atoms with Crippen LogP contribution < -0.4 is 0 Å². The van der Waals surface area contributed by atoms with Crippen molar-refractivity contribution in [1.82, 2.24) is 9.78 Å². The van der Waals surface area contributed by atoms with Crippen LogP contribution in [0.4, 0.5) is 0 Å². The maximum absolute atomic E-state index is 11.1. The highest BCUT2D eigenvalue weighted by molar-refractivity contribution is 6.31. The molecule has 4 nitrogen and oxygen atoms in total. The monoisotopic (exact) mass is 236 g/mol. The topological polar surface area (TPSA) is 55.1 Å². The molecule has 1 aromatic heterocycles. The molecule has 16 heavy (non-hydrogen) atoms. The van der Waals surface area contributed by atoms with Gasteiger partial charge in [-0.2, -0.15) is 5.10 Å². The van der Waals surface area contributed by atoms with E-state index in [0.29, 0.717) is 10.6 Å². The Kier molecular flexibility index (Phi) is 2.66. The number of rotatable bonds is 2. The zero-order valence-corrected chi connectivity index (χ0v) is 9.27. The minimum atomic E-state index is -0.979. The fourth-order valence-electron chi connectivity index (χ4n) is 1.55. The molecule has 1 N–H and O–H groups in total. The third-order valence-corrected chi connectivity index (χ3v) is 2.54. The highest BCUT2D eigenvalue weighted by Crippen LogP contribution is 2.26. The quantitative estimate of drug-likeness (QED) is 0.871. The Bertz CT molecular complexity index is 549. The van der Waals surface area contributed by atoms with Gasteiger partial charge in [0.05, 0.1) is 11.3 Å². The van der Waals surface area contributed by atoms with Crippen LogP contribution in [0.25, 0.3) is 11.3 Å². The van der Waals surface area contributed by atoms with E-state index in [9.17, 15) is 4.79 Å². The standard InChI is InChI=1S/C11H9ClN2O2/c1-14-10(4-5-13-14)9-6-7(12)2-3-8(9)11(15)16/h2-6H,1H3,(H,15,16). The van der Waals surface area contributed by atoms with Gasteiger partial charge in [0.2, 0.25) is 0 Å². The van der Waals surface area contributed by atoms with Crippen molar-refractivity contribution in [3.05, 3.63) is 41.0 Å². The van der Waals surface area contributed by atoms with Crippen molar-refractivity contribution >= 4 is 17.6 Å². The second-order valence-electron chi connectivity index (χ2n) is 3.34. The van der Waals surface area contributed by atoms with Crippen LogP contribution in [0.3, 0.4) is 0 Å². The fraction of sp³-hybridized carbons (Fsp3) is 0.0909. The lowest BCUT2D eigenvalue weighted by molar-refractivity contribution is 0.0697. The molecule has 0 fully saturated rings. The summed E-state index contributed by atoms with van der Waals surface area (Å²) in [6.45, 7) is 0. The van der Waals surface area contributed by atoms with E-state index in [4.69, 9.17) is 16.7 Å². The Balaban J connectivity index is 2.67. The van der Waals surface area contributed by atoms with E-state index in [1.54, 1.807) is 36.1 Å². The largest absolute Gasteiger partial charge is 0.478 e. The van der Waals surface area contributed by atoms with Crippen molar-refractivity contribution in [3.63, 3.8) is 0 Å². The molecular formula is C11H9ClN2O2. The molecule has 0 spiro atoms. The minimum absolute atomic E-state index is 0.216. The number of carboxylic acids is 1. The van der Waals surface area contributed by atoms with Gasteiger partial charge in [-0.1, -0.05) is 11.6 Å². The number of benzene rings is 1. The fourth-order valence-corrected chi connectivity index (χ4v) is 1.73. The molecule has 82 valence electrons. The van der Waals surface area contributed by atoms with E-state index >= 15 is 0 Å². The number of carboxylic acid groups (broad SMARTS) is 1. The Morgan fingerprint density at radius 3 is 2.75 bits per heavy atom. The predicted octanol–water partition coefficient (Wildman–Crippen LogP) is 2.44. The summed E-state index contributed by atoms with van der Waals surface area (Å²) in [4.78, 5) is 11.1. The first-order valence-electron chi connectivity index (χ1n) is 4.61. The molecule has 0 radical (unpaired) electrons. The molecule has 2 rings (SSSR count). The molecule has 0 atom stereocenters. The number of hydrogen-bond donors (Lipinski definition) is 1. The average Bonchev–Trinajstić information content (AvgIpc) is 2.63. The van der Waals surface area contributed by atoms with E-state index in [1.807, 2.05) is 0 Å². The summed E-state index contributed by atoms with van der Waals surface area (Å²) < 4.78 is 1.61. The summed E-state index contributed by atoms with van der Waals surface area (Å²) in [5.41, 5.74) is 1.51. The van der Waals surface area contributed by atoms with E-state index in [0.717, 1.165) is 5.69 Å². The zero-order valence-electron chi connectivity index (χ0n) is 8.51. The molecule has 0 saturated carbocycles. The second-order valence-corrected chi connectivity index (χ2v) is 3.77. The number of carbonyl (C=O) groups is 1. The molecule has 0 bridgehead atoms. The molecule has 1 aromatic carbocycles. The number of nitrogens with zero attached hydrogens (tertiary/aromatic N) is 2. The van der Waals surface area contributed by atoms with Gasteiger partial charge in [0.1, 0.15) is 0 Å². The van der Waals surface area contributed by atoms with Crippen LogP contribution in [0.15, 0.2) is 30.5 Å². The number of aromatic carboxylic acids is 1. The third-order valence-electron chi connectivity index (χ3n) is 2.31. The lowest BCUT2D eigenvalue weighted by Gasteiger charge is -2.06. The van der Waals surface area contributed by atoms with Crippen molar-refractivity contribution in [3.8, 4) is 11.3 Å². The number of hydrogen-bond acceptors (Lipinski definition) is 2. The summed E-state index contributed by atoms with van der Waals surface area (Å²) in [7, 11) is 1.75. The van der Waals surface area contributed by atoms with Crippen LogP contribution in [0.1, 0.15) is 10.4 Å². The van der Waals surface area contributed by atoms with Gasteiger partial charge in [0, 0.05) is 23.8 Å².